The summed E-state index contributed by atoms with van der Waals surface area (Å²) in [5, 5.41) is 13.8. The Morgan fingerprint density at radius 1 is 0.822 bits per heavy atom. The molecule has 0 radical (unpaired) electrons. The van der Waals surface area contributed by atoms with Crippen LogP contribution in [0.2, 0.25) is 0 Å². The van der Waals surface area contributed by atoms with Gasteiger partial charge in [0.25, 0.3) is 0 Å². The van der Waals surface area contributed by atoms with Crippen LogP contribution in [0.15, 0.2) is 71.7 Å². The number of fused-ring (bicyclic) bond motifs is 2. The summed E-state index contributed by atoms with van der Waals surface area (Å²) in [6.45, 7) is 8.77. The van der Waals surface area contributed by atoms with Crippen LogP contribution >= 0.6 is 0 Å². The Labute approximate surface area is 255 Å². The summed E-state index contributed by atoms with van der Waals surface area (Å²) in [4.78, 5) is 33.3. The molecule has 0 bridgehead atoms. The fourth-order valence-corrected chi connectivity index (χ4v) is 3.97. The van der Waals surface area contributed by atoms with Gasteiger partial charge in [-0.15, -0.1) is 0 Å². The number of aromatic nitrogens is 2. The first-order valence-corrected chi connectivity index (χ1v) is 13.3. The van der Waals surface area contributed by atoms with E-state index in [1.54, 1.807) is 18.3 Å². The second kappa shape index (κ2) is 17.1. The number of alkyl halides is 7. The predicted octanol–water partition coefficient (Wildman–Crippen LogP) is 7.16. The Hall–Kier alpha value is -4.49. The maximum atomic E-state index is 11.5. The van der Waals surface area contributed by atoms with E-state index in [2.05, 4.69) is 49.5 Å². The van der Waals surface area contributed by atoms with Crippen molar-refractivity contribution in [1.82, 2.24) is 4.98 Å². The molecule has 4 rings (SSSR count). The zero-order chi connectivity index (χ0) is 35.2. The van der Waals surface area contributed by atoms with E-state index in [4.69, 9.17) is 1.37 Å². The molecule has 0 aliphatic carbocycles. The third-order valence-corrected chi connectivity index (χ3v) is 5.66. The number of nitrogens with one attached hydrogen (secondary N) is 1. The molecule has 2 aromatic heterocycles. The van der Waals surface area contributed by atoms with Crippen molar-refractivity contribution in [2.75, 3.05) is 7.15 Å². The van der Waals surface area contributed by atoms with E-state index >= 15 is 0 Å². The minimum atomic E-state index is -5.62. The third-order valence-electron chi connectivity index (χ3n) is 5.66. The van der Waals surface area contributed by atoms with Gasteiger partial charge in [-0.1, -0.05) is 52.0 Å². The number of esters is 2. The molecule has 0 aliphatic rings. The number of carbonyl (C=O) groups excluding carboxylic acids is 2. The molecule has 45 heavy (non-hydrogen) atoms. The highest BCUT2D eigenvalue weighted by Crippen LogP contribution is 2.22. The molecule has 7 nitrogen and oxygen atoms in total. The lowest BCUT2D eigenvalue weighted by atomic mass is 9.99. The molecule has 0 aliphatic heterocycles. The lowest BCUT2D eigenvalue weighted by Gasteiger charge is -2.08. The van der Waals surface area contributed by atoms with Crippen molar-refractivity contribution in [2.24, 2.45) is 11.8 Å². The SMILES string of the molecule is CC(C)Cc1cccc2[nH]c(=O)ccc12.CC(C)Cc1cccc2c1ccc[n+]2[O-].O=C(OC(=O)C(F)(F)F)C(F)(F)F.[2H]CF. The standard InChI is InChI=1S/2C13H15NO.C4F6O3.CH3F/c1-10(2)9-11-5-3-7-13-12(11)6-4-8-14(13)15;1-9(2)8-10-4-3-5-12-11(10)6-7-13(15)14-12;5-3(6,7)1(11)13-2(12)4(8,9)10;1-2/h3-8,10H,9H2,1-2H3;3-7,9H,8H2,1-2H3,(H,14,15);;1H3/i;;;1D. The van der Waals surface area contributed by atoms with Gasteiger partial charge in [-0.05, 0) is 54.0 Å². The molecule has 14 heteroatoms. The first-order chi connectivity index (χ1) is 21.3. The van der Waals surface area contributed by atoms with Crippen molar-refractivity contribution in [3.05, 3.63) is 93.5 Å². The van der Waals surface area contributed by atoms with E-state index in [-0.39, 0.29) is 5.56 Å². The average Bonchev–Trinajstić information content (AvgIpc) is 2.93. The van der Waals surface area contributed by atoms with E-state index in [0.29, 0.717) is 11.8 Å². The second-order valence-corrected chi connectivity index (χ2v) is 10.3. The molecule has 246 valence electrons. The number of ether oxygens (including phenoxy) is 1. The van der Waals surface area contributed by atoms with Gasteiger partial charge in [0.1, 0.15) is 0 Å². The number of carbonyl (C=O) groups is 2. The number of halogens is 7. The van der Waals surface area contributed by atoms with Crippen LogP contribution in [0.4, 0.5) is 30.7 Å². The van der Waals surface area contributed by atoms with Crippen LogP contribution in [0, 0.1) is 17.0 Å². The smallest absolute Gasteiger partial charge is 0.491 e. The van der Waals surface area contributed by atoms with E-state index in [0.717, 1.165) is 39.4 Å². The quantitative estimate of drug-likeness (QED) is 0.0833. The number of aromatic amines is 1. The van der Waals surface area contributed by atoms with Gasteiger partial charge in [-0.3, -0.25) is 9.18 Å². The van der Waals surface area contributed by atoms with Gasteiger partial charge >= 0.3 is 24.3 Å². The first kappa shape index (κ1) is 36.7. The van der Waals surface area contributed by atoms with Gasteiger partial charge in [0.15, 0.2) is 6.20 Å². The Kier molecular flexibility index (Phi) is 14.0. The maximum absolute atomic E-state index is 11.5. The van der Waals surface area contributed by atoms with Crippen LogP contribution in [-0.2, 0) is 27.2 Å². The Balaban J connectivity index is 0.000000332. The minimum Gasteiger partial charge on any atom is -0.618 e. The monoisotopic (exact) mass is 647 g/mol. The zero-order valence-corrected chi connectivity index (χ0v) is 24.8. The van der Waals surface area contributed by atoms with Gasteiger partial charge in [-0.25, -0.2) is 9.59 Å². The summed E-state index contributed by atoms with van der Waals surface area (Å²) in [6, 6.07) is 19.3. The number of hydrogen-bond donors (Lipinski definition) is 1. The van der Waals surface area contributed by atoms with Crippen molar-refractivity contribution in [3.63, 3.8) is 0 Å². The van der Waals surface area contributed by atoms with Crippen LogP contribution < -0.4 is 10.3 Å². The number of hydrogen-bond acceptors (Lipinski definition) is 5. The second-order valence-electron chi connectivity index (χ2n) is 10.3. The first-order valence-electron chi connectivity index (χ1n) is 14.0. The molecule has 0 saturated carbocycles. The molecule has 0 unspecified atom stereocenters. The van der Waals surface area contributed by atoms with E-state index in [1.165, 1.54) is 11.1 Å². The number of pyridine rings is 2. The topological polar surface area (TPSA) is 103 Å². The highest BCUT2D eigenvalue weighted by atomic mass is 19.4. The molecular formula is C31H33F7N2O5. The Bertz CT molecular complexity index is 1610. The van der Waals surface area contributed by atoms with Crippen LogP contribution in [0.3, 0.4) is 0 Å². The fraction of sp³-hybridized carbons (Fsp3) is 0.355. The molecule has 0 spiro atoms. The van der Waals surface area contributed by atoms with Crippen LogP contribution in [0.1, 0.15) is 40.2 Å². The van der Waals surface area contributed by atoms with Crippen molar-refractivity contribution in [1.29, 1.82) is 0 Å². The normalized spacial score (nSPS) is 11.4. The molecule has 0 fully saturated rings. The van der Waals surface area contributed by atoms with Crippen LogP contribution in [0.5, 0.6) is 0 Å². The van der Waals surface area contributed by atoms with Crippen LogP contribution in [0.25, 0.3) is 21.8 Å². The van der Waals surface area contributed by atoms with Crippen molar-refractivity contribution in [2.45, 2.75) is 52.9 Å². The number of H-pyrrole nitrogens is 1. The lowest BCUT2D eigenvalue weighted by molar-refractivity contribution is -0.577. The van der Waals surface area contributed by atoms with E-state index in [1.807, 2.05) is 36.4 Å². The van der Waals surface area contributed by atoms with Gasteiger partial charge in [0, 0.05) is 29.1 Å². The molecule has 4 aromatic rings. The van der Waals surface area contributed by atoms with E-state index < -0.39 is 31.4 Å². The third kappa shape index (κ3) is 12.6. The van der Waals surface area contributed by atoms with Gasteiger partial charge in [0.2, 0.25) is 11.1 Å². The molecule has 2 heterocycles. The van der Waals surface area contributed by atoms with Gasteiger partial charge < -0.3 is 14.9 Å². The van der Waals surface area contributed by atoms with Crippen molar-refractivity contribution in [3.8, 4) is 0 Å². The molecule has 2 aromatic carbocycles. The number of rotatable bonds is 4. The highest BCUT2D eigenvalue weighted by molar-refractivity contribution is 5.90. The van der Waals surface area contributed by atoms with Gasteiger partial charge in [0.05, 0.1) is 13.9 Å². The highest BCUT2D eigenvalue weighted by Gasteiger charge is 2.49. The lowest BCUT2D eigenvalue weighted by Crippen LogP contribution is -2.34. The summed E-state index contributed by atoms with van der Waals surface area (Å²) in [5.74, 6) is -5.16. The molecule has 0 atom stereocenters. The summed E-state index contributed by atoms with van der Waals surface area (Å²) in [5.41, 5.74) is 4.21. The van der Waals surface area contributed by atoms with Crippen molar-refractivity contribution < 1.29 is 51.2 Å². The minimum absolute atomic E-state index is 0.0378. The Morgan fingerprint density at radius 2 is 1.31 bits per heavy atom. The molecule has 0 amide bonds. The van der Waals surface area contributed by atoms with Crippen molar-refractivity contribution >= 4 is 33.7 Å². The summed E-state index contributed by atoms with van der Waals surface area (Å²) >= 11 is 0. The number of benzene rings is 2. The maximum Gasteiger partial charge on any atom is 0.491 e. The van der Waals surface area contributed by atoms with Crippen LogP contribution in [-0.4, -0.2) is 36.4 Å². The fourth-order valence-electron chi connectivity index (χ4n) is 3.97. The Morgan fingerprint density at radius 3 is 1.80 bits per heavy atom. The summed E-state index contributed by atoms with van der Waals surface area (Å²) in [6.07, 6.45) is -7.64. The molecule has 1 N–H and O–H groups in total. The van der Waals surface area contributed by atoms with Gasteiger partial charge in [-0.2, -0.15) is 31.1 Å². The summed E-state index contributed by atoms with van der Waals surface area (Å²) < 4.78 is 86.1. The number of nitrogens with zero attached hydrogens (tertiary/aromatic N) is 1. The average molecular weight is 648 g/mol. The summed E-state index contributed by atoms with van der Waals surface area (Å²) in [7, 11) is -1.00. The molecule has 0 saturated heterocycles. The largest absolute Gasteiger partial charge is 0.618 e. The predicted molar refractivity (Wildman–Crippen MR) is 155 cm³/mol. The van der Waals surface area contributed by atoms with E-state index in [9.17, 15) is 50.3 Å². The zero-order valence-electron chi connectivity index (χ0n) is 25.8. The molecular weight excluding hydrogens is 613 g/mol.